The number of fused-ring (bicyclic) bond motifs is 2. The smallest absolute Gasteiger partial charge is 0.376 e. The average Bonchev–Trinajstić information content (AvgIpc) is 3.54. The third kappa shape index (κ3) is 4.81. The molecule has 2 atom stereocenters. The number of thiazole rings is 2. The average molecular weight is 546 g/mol. The molecule has 12 heteroatoms. The number of benzene rings is 2. The highest BCUT2D eigenvalue weighted by Crippen LogP contribution is 2.41. The van der Waals surface area contributed by atoms with Crippen LogP contribution in [0.3, 0.4) is 0 Å². The molecule has 1 fully saturated rings. The van der Waals surface area contributed by atoms with Gasteiger partial charge >= 0.3 is 5.97 Å². The summed E-state index contributed by atoms with van der Waals surface area (Å²) < 4.78 is 8.97. The van der Waals surface area contributed by atoms with Crippen LogP contribution in [0.25, 0.3) is 20.4 Å². The molecule has 2 aromatic carbocycles. The zero-order valence-electron chi connectivity index (χ0n) is 18.1. The van der Waals surface area contributed by atoms with E-state index >= 15 is 0 Å². The molecule has 1 amide bonds. The molecule has 3 heterocycles. The molecule has 0 spiro atoms. The van der Waals surface area contributed by atoms with E-state index in [0.717, 1.165) is 24.8 Å². The van der Waals surface area contributed by atoms with Crippen LogP contribution in [0, 0.1) is 5.92 Å². The van der Waals surface area contributed by atoms with Crippen LogP contribution in [0.2, 0.25) is 0 Å². The Bertz CT molecular complexity index is 1350. The van der Waals surface area contributed by atoms with Gasteiger partial charge in [0.1, 0.15) is 0 Å². The summed E-state index contributed by atoms with van der Waals surface area (Å²) in [7, 11) is 0. The Balaban J connectivity index is 1.41. The summed E-state index contributed by atoms with van der Waals surface area (Å²) in [6.07, 6.45) is 0. The van der Waals surface area contributed by atoms with Crippen molar-refractivity contribution < 1.29 is 24.2 Å². The van der Waals surface area contributed by atoms with Crippen molar-refractivity contribution in [3.8, 4) is 0 Å². The fourth-order valence-corrected chi connectivity index (χ4v) is 8.29. The number of cyclic esters (lactones) is 1. The highest BCUT2D eigenvalue weighted by atomic mass is 32.2. The number of carbonyl (C=O) groups is 3. The van der Waals surface area contributed by atoms with Gasteiger partial charge in [0.05, 0.1) is 38.7 Å². The van der Waals surface area contributed by atoms with Crippen molar-refractivity contribution in [1.29, 1.82) is 0 Å². The van der Waals surface area contributed by atoms with Gasteiger partial charge in [0, 0.05) is 12.3 Å². The van der Waals surface area contributed by atoms with E-state index in [1.54, 1.807) is 0 Å². The molecule has 0 aliphatic carbocycles. The summed E-state index contributed by atoms with van der Waals surface area (Å²) in [6, 6.07) is 15.4. The summed E-state index contributed by atoms with van der Waals surface area (Å²) in [5, 5.41) is 11.8. The number of nitrogens with zero attached hydrogens (tertiary/aromatic N) is 2. The number of aliphatic hydroxyl groups excluding tert-OH is 1. The van der Waals surface area contributed by atoms with Gasteiger partial charge in [-0.25, -0.2) is 14.8 Å². The minimum absolute atomic E-state index is 0.0180. The Morgan fingerprint density at radius 2 is 1.60 bits per heavy atom. The van der Waals surface area contributed by atoms with Gasteiger partial charge in [-0.15, -0.1) is 22.7 Å². The van der Waals surface area contributed by atoms with Crippen LogP contribution in [-0.4, -0.2) is 63.0 Å². The molecule has 2 unspecified atom stereocenters. The highest BCUT2D eigenvalue weighted by Gasteiger charge is 2.60. The Hall–Kier alpha value is -2.51. The number of aromatic nitrogens is 2. The van der Waals surface area contributed by atoms with Crippen LogP contribution >= 0.6 is 46.2 Å². The van der Waals surface area contributed by atoms with Crippen LogP contribution in [-0.2, 0) is 19.1 Å². The van der Waals surface area contributed by atoms with E-state index < -0.39 is 29.2 Å². The van der Waals surface area contributed by atoms with Crippen LogP contribution in [0.1, 0.15) is 0 Å². The van der Waals surface area contributed by atoms with E-state index in [9.17, 15) is 19.5 Å². The summed E-state index contributed by atoms with van der Waals surface area (Å²) in [5.74, 6) is -3.20. The van der Waals surface area contributed by atoms with E-state index in [1.807, 2.05) is 48.5 Å². The van der Waals surface area contributed by atoms with E-state index in [-0.39, 0.29) is 24.7 Å². The molecular formula is C23H19N3O5S4. The lowest BCUT2D eigenvalue weighted by Gasteiger charge is -2.30. The fraction of sp³-hybridized carbons (Fsp3) is 0.261. The summed E-state index contributed by atoms with van der Waals surface area (Å²) in [4.78, 5) is 47.7. The first-order valence-electron chi connectivity index (χ1n) is 10.6. The monoisotopic (exact) mass is 545 g/mol. The van der Waals surface area contributed by atoms with Gasteiger partial charge in [0.15, 0.2) is 8.68 Å². The van der Waals surface area contributed by atoms with Crippen molar-refractivity contribution in [2.24, 2.45) is 5.92 Å². The lowest BCUT2D eigenvalue weighted by Crippen LogP contribution is -2.54. The van der Waals surface area contributed by atoms with Crippen molar-refractivity contribution in [2.75, 3.05) is 24.7 Å². The summed E-state index contributed by atoms with van der Waals surface area (Å²) >= 11 is 5.54. The lowest BCUT2D eigenvalue weighted by atomic mass is 9.88. The summed E-state index contributed by atoms with van der Waals surface area (Å²) in [6.45, 7) is -0.296. The molecule has 1 saturated heterocycles. The van der Waals surface area contributed by atoms with Crippen LogP contribution in [0.4, 0.5) is 0 Å². The Labute approximate surface area is 216 Å². The number of ketones is 1. The molecule has 4 aromatic rings. The fourth-order valence-electron chi connectivity index (χ4n) is 3.72. The number of hydrogen-bond acceptors (Lipinski definition) is 11. The third-order valence-electron chi connectivity index (χ3n) is 5.47. The SMILES string of the molecule is O=C1OC(CSc2nc3ccccc3s2)(C(=O)NCCO)C(CSc2nc3ccccc3s2)C1=O. The molecule has 8 nitrogen and oxygen atoms in total. The van der Waals surface area contributed by atoms with Crippen molar-refractivity contribution in [3.05, 3.63) is 48.5 Å². The second-order valence-electron chi connectivity index (χ2n) is 7.67. The van der Waals surface area contributed by atoms with E-state index in [2.05, 4.69) is 15.3 Å². The zero-order chi connectivity index (χ0) is 24.4. The van der Waals surface area contributed by atoms with Crippen molar-refractivity contribution in [2.45, 2.75) is 14.3 Å². The minimum Gasteiger partial charge on any atom is -0.441 e. The quantitative estimate of drug-likeness (QED) is 0.185. The van der Waals surface area contributed by atoms with Crippen LogP contribution in [0.5, 0.6) is 0 Å². The normalized spacial score (nSPS) is 20.0. The lowest BCUT2D eigenvalue weighted by molar-refractivity contribution is -0.159. The molecule has 0 saturated carbocycles. The number of aliphatic hydroxyl groups is 1. The number of nitrogens with one attached hydrogen (secondary N) is 1. The maximum atomic E-state index is 13.3. The van der Waals surface area contributed by atoms with E-state index in [4.69, 9.17) is 4.74 Å². The second kappa shape index (κ2) is 10.2. The van der Waals surface area contributed by atoms with Crippen molar-refractivity contribution >= 4 is 84.3 Å². The maximum Gasteiger partial charge on any atom is 0.376 e. The molecule has 2 aromatic heterocycles. The van der Waals surface area contributed by atoms with Gasteiger partial charge in [-0.2, -0.15) is 0 Å². The van der Waals surface area contributed by atoms with Gasteiger partial charge in [0.2, 0.25) is 11.4 Å². The minimum atomic E-state index is -1.71. The topological polar surface area (TPSA) is 118 Å². The number of amides is 1. The molecule has 35 heavy (non-hydrogen) atoms. The molecule has 2 N–H and O–H groups in total. The van der Waals surface area contributed by atoms with Crippen molar-refractivity contribution in [1.82, 2.24) is 15.3 Å². The zero-order valence-corrected chi connectivity index (χ0v) is 21.4. The number of hydrogen-bond donors (Lipinski definition) is 2. The number of ether oxygens (including phenoxy) is 1. The van der Waals surface area contributed by atoms with E-state index in [1.165, 1.54) is 46.2 Å². The van der Waals surface area contributed by atoms with Crippen LogP contribution in [0.15, 0.2) is 57.2 Å². The summed E-state index contributed by atoms with van der Waals surface area (Å²) in [5.41, 5.74) is -0.0279. The van der Waals surface area contributed by atoms with Gasteiger partial charge in [-0.3, -0.25) is 9.59 Å². The molecule has 1 aliphatic heterocycles. The maximum absolute atomic E-state index is 13.3. The number of thioether (sulfide) groups is 2. The number of Topliss-reactive ketones (excluding diaryl/α,β-unsaturated/α-hetero) is 1. The molecule has 0 bridgehead atoms. The number of carbonyl (C=O) groups excluding carboxylic acids is 3. The Morgan fingerprint density at radius 1 is 1.00 bits per heavy atom. The second-order valence-corrected chi connectivity index (χ2v) is 12.2. The van der Waals surface area contributed by atoms with Gasteiger partial charge < -0.3 is 15.2 Å². The molecule has 1 aliphatic rings. The van der Waals surface area contributed by atoms with Crippen molar-refractivity contribution in [3.63, 3.8) is 0 Å². The van der Waals surface area contributed by atoms with E-state index in [0.29, 0.717) is 4.34 Å². The number of esters is 1. The first-order valence-corrected chi connectivity index (χ1v) is 14.2. The predicted molar refractivity (Wildman–Crippen MR) is 138 cm³/mol. The van der Waals surface area contributed by atoms with Gasteiger partial charge in [0.25, 0.3) is 5.91 Å². The van der Waals surface area contributed by atoms with Gasteiger partial charge in [-0.05, 0) is 24.3 Å². The number of para-hydroxylation sites is 2. The third-order valence-corrected chi connectivity index (χ3v) is 10.1. The Morgan fingerprint density at radius 3 is 2.20 bits per heavy atom. The largest absolute Gasteiger partial charge is 0.441 e. The molecule has 180 valence electrons. The van der Waals surface area contributed by atoms with Gasteiger partial charge in [-0.1, -0.05) is 47.8 Å². The van der Waals surface area contributed by atoms with Crippen LogP contribution < -0.4 is 5.32 Å². The highest BCUT2D eigenvalue weighted by molar-refractivity contribution is 8.01. The first kappa shape index (κ1) is 24.2. The molecule has 0 radical (unpaired) electrons. The molecule has 5 rings (SSSR count). The standard InChI is InChI=1S/C23H19N3O5S4/c27-10-9-24-20(30)23(12-33-22-26-15-6-2-4-8-17(15)35-22)13(18(28)19(29)31-23)11-32-21-25-14-5-1-3-7-16(14)34-21/h1-8,13,27H,9-12H2,(H,24,30). The number of rotatable bonds is 9. The molecular weight excluding hydrogens is 527 g/mol. The Kier molecular flexibility index (Phi) is 7.07. The first-order chi connectivity index (χ1) is 17.0. The predicted octanol–water partition coefficient (Wildman–Crippen LogP) is 3.38.